The minimum absolute atomic E-state index is 0.222. The summed E-state index contributed by atoms with van der Waals surface area (Å²) in [6, 6.07) is 3.70. The van der Waals surface area contributed by atoms with E-state index in [1.165, 1.54) is 19.1 Å². The van der Waals surface area contributed by atoms with Gasteiger partial charge in [0.2, 0.25) is 0 Å². The Morgan fingerprint density at radius 3 is 2.60 bits per heavy atom. The molecule has 0 bridgehead atoms. The molecule has 108 valence electrons. The van der Waals surface area contributed by atoms with Crippen molar-refractivity contribution in [3.63, 3.8) is 0 Å². The number of hydrogen-bond donors (Lipinski definition) is 1. The van der Waals surface area contributed by atoms with Crippen LogP contribution in [-0.4, -0.2) is 36.0 Å². The van der Waals surface area contributed by atoms with E-state index in [1.54, 1.807) is 4.90 Å². The van der Waals surface area contributed by atoms with E-state index in [1.807, 2.05) is 0 Å². The number of hydrogen-bond acceptors (Lipinski definition) is 4. The normalized spacial score (nSPS) is 16.0. The maximum Gasteiger partial charge on any atom is 0.341 e. The fourth-order valence-electron chi connectivity index (χ4n) is 2.17. The molecule has 0 saturated carbocycles. The third-order valence-electron chi connectivity index (χ3n) is 3.26. The Bertz CT molecular complexity index is 527. The number of rotatable bonds is 3. The number of nitrogen functional groups attached to an aromatic ring is 1. The average molecular weight is 280 g/mol. The average Bonchev–Trinajstić information content (AvgIpc) is 2.91. The summed E-state index contributed by atoms with van der Waals surface area (Å²) in [6.45, 7) is 2.85. The third kappa shape index (κ3) is 3.07. The van der Waals surface area contributed by atoms with Crippen molar-refractivity contribution in [2.75, 3.05) is 18.8 Å². The Labute approximate surface area is 116 Å². The third-order valence-corrected chi connectivity index (χ3v) is 3.26. The molecule has 1 saturated heterocycles. The molecule has 20 heavy (non-hydrogen) atoms. The summed E-state index contributed by atoms with van der Waals surface area (Å²) in [6.07, 6.45) is 0.996. The van der Waals surface area contributed by atoms with Gasteiger partial charge in [0.25, 0.3) is 5.91 Å². The van der Waals surface area contributed by atoms with Gasteiger partial charge in [0.1, 0.15) is 5.82 Å². The van der Waals surface area contributed by atoms with E-state index in [9.17, 15) is 14.0 Å². The Morgan fingerprint density at radius 1 is 1.35 bits per heavy atom. The van der Waals surface area contributed by atoms with Crippen molar-refractivity contribution in [1.82, 2.24) is 4.90 Å². The van der Waals surface area contributed by atoms with Gasteiger partial charge >= 0.3 is 5.97 Å². The number of ether oxygens (including phenoxy) is 1. The maximum atomic E-state index is 13.6. The maximum absolute atomic E-state index is 13.6. The lowest BCUT2D eigenvalue weighted by molar-refractivity contribution is -0.138. The van der Waals surface area contributed by atoms with E-state index in [-0.39, 0.29) is 17.2 Å². The molecule has 1 amide bonds. The summed E-state index contributed by atoms with van der Waals surface area (Å²) < 4.78 is 18.6. The standard InChI is InChI=1S/C14H17FN2O3/c1-9(13(18)17-6-2-3-7-17)20-14(19)11-5-4-10(16)8-12(11)15/h4-5,8-9H,2-3,6-7,16H2,1H3. The summed E-state index contributed by atoms with van der Waals surface area (Å²) >= 11 is 0. The summed E-state index contributed by atoms with van der Waals surface area (Å²) in [7, 11) is 0. The first-order chi connectivity index (χ1) is 9.49. The minimum Gasteiger partial charge on any atom is -0.449 e. The van der Waals surface area contributed by atoms with Crippen LogP contribution in [0.3, 0.4) is 0 Å². The van der Waals surface area contributed by atoms with Crippen molar-refractivity contribution >= 4 is 17.6 Å². The quantitative estimate of drug-likeness (QED) is 0.674. The Balaban J connectivity index is 2.01. The zero-order valence-corrected chi connectivity index (χ0v) is 11.3. The van der Waals surface area contributed by atoms with Gasteiger partial charge < -0.3 is 15.4 Å². The molecule has 6 heteroatoms. The molecule has 0 radical (unpaired) electrons. The summed E-state index contributed by atoms with van der Waals surface area (Å²) in [4.78, 5) is 25.5. The largest absolute Gasteiger partial charge is 0.449 e. The van der Waals surface area contributed by atoms with Crippen LogP contribution < -0.4 is 5.73 Å². The lowest BCUT2D eigenvalue weighted by Crippen LogP contribution is -2.38. The smallest absolute Gasteiger partial charge is 0.341 e. The van der Waals surface area contributed by atoms with Crippen LogP contribution in [0.1, 0.15) is 30.1 Å². The van der Waals surface area contributed by atoms with Crippen molar-refractivity contribution in [1.29, 1.82) is 0 Å². The van der Waals surface area contributed by atoms with Gasteiger partial charge in [-0.2, -0.15) is 0 Å². The van der Waals surface area contributed by atoms with Crippen LogP contribution in [0, 0.1) is 5.82 Å². The zero-order valence-electron chi connectivity index (χ0n) is 11.3. The molecule has 1 aliphatic rings. The van der Waals surface area contributed by atoms with Gasteiger partial charge in [-0.15, -0.1) is 0 Å². The number of carbonyl (C=O) groups excluding carboxylic acids is 2. The SMILES string of the molecule is CC(OC(=O)c1ccc(N)cc1F)C(=O)N1CCCC1. The van der Waals surface area contributed by atoms with Crippen molar-refractivity contribution < 1.29 is 18.7 Å². The van der Waals surface area contributed by atoms with Crippen LogP contribution in [0.5, 0.6) is 0 Å². The number of anilines is 1. The number of benzene rings is 1. The molecular weight excluding hydrogens is 263 g/mol. The highest BCUT2D eigenvalue weighted by molar-refractivity contribution is 5.92. The Morgan fingerprint density at radius 2 is 2.00 bits per heavy atom. The first kappa shape index (κ1) is 14.3. The van der Waals surface area contributed by atoms with Gasteiger partial charge in [-0.05, 0) is 38.0 Å². The second-order valence-corrected chi connectivity index (χ2v) is 4.82. The lowest BCUT2D eigenvalue weighted by atomic mass is 10.2. The fraction of sp³-hybridized carbons (Fsp3) is 0.429. The molecular formula is C14H17FN2O3. The Kier molecular flexibility index (Phi) is 4.22. The van der Waals surface area contributed by atoms with Gasteiger partial charge in [0, 0.05) is 18.8 Å². The van der Waals surface area contributed by atoms with Crippen molar-refractivity contribution in [3.8, 4) is 0 Å². The van der Waals surface area contributed by atoms with E-state index in [2.05, 4.69) is 0 Å². The lowest BCUT2D eigenvalue weighted by Gasteiger charge is -2.20. The predicted molar refractivity (Wildman–Crippen MR) is 71.5 cm³/mol. The second kappa shape index (κ2) is 5.90. The van der Waals surface area contributed by atoms with Crippen LogP contribution in [-0.2, 0) is 9.53 Å². The molecule has 1 unspecified atom stereocenters. The molecule has 0 aromatic heterocycles. The number of halogens is 1. The highest BCUT2D eigenvalue weighted by Gasteiger charge is 2.27. The molecule has 1 aromatic rings. The van der Waals surface area contributed by atoms with Crippen LogP contribution in [0.2, 0.25) is 0 Å². The highest BCUT2D eigenvalue weighted by atomic mass is 19.1. The van der Waals surface area contributed by atoms with Gasteiger partial charge in [0.15, 0.2) is 6.10 Å². The highest BCUT2D eigenvalue weighted by Crippen LogP contribution is 2.15. The number of amides is 1. The monoisotopic (exact) mass is 280 g/mol. The first-order valence-corrected chi connectivity index (χ1v) is 6.54. The predicted octanol–water partition coefficient (Wildman–Crippen LogP) is 1.58. The van der Waals surface area contributed by atoms with Gasteiger partial charge in [-0.25, -0.2) is 9.18 Å². The fourth-order valence-corrected chi connectivity index (χ4v) is 2.17. The number of nitrogens with two attached hydrogens (primary N) is 1. The number of carbonyl (C=O) groups is 2. The van der Waals surface area contributed by atoms with E-state index in [0.717, 1.165) is 18.9 Å². The molecule has 0 spiro atoms. The minimum atomic E-state index is -0.919. The molecule has 1 aliphatic heterocycles. The van der Waals surface area contributed by atoms with Crippen molar-refractivity contribution in [2.24, 2.45) is 0 Å². The molecule has 5 nitrogen and oxygen atoms in total. The van der Waals surface area contributed by atoms with Crippen molar-refractivity contribution in [3.05, 3.63) is 29.6 Å². The number of esters is 1. The zero-order chi connectivity index (χ0) is 14.7. The summed E-state index contributed by atoms with van der Waals surface area (Å²) in [5.41, 5.74) is 5.41. The molecule has 1 fully saturated rings. The van der Waals surface area contributed by atoms with Crippen molar-refractivity contribution in [2.45, 2.75) is 25.9 Å². The Hall–Kier alpha value is -2.11. The topological polar surface area (TPSA) is 72.6 Å². The van der Waals surface area contributed by atoms with Crippen LogP contribution >= 0.6 is 0 Å². The molecule has 1 heterocycles. The van der Waals surface area contributed by atoms with Crippen LogP contribution in [0.15, 0.2) is 18.2 Å². The molecule has 1 aromatic carbocycles. The van der Waals surface area contributed by atoms with E-state index in [4.69, 9.17) is 10.5 Å². The van der Waals surface area contributed by atoms with Crippen LogP contribution in [0.4, 0.5) is 10.1 Å². The summed E-state index contributed by atoms with van der Waals surface area (Å²) in [5.74, 6) is -1.86. The van der Waals surface area contributed by atoms with Gasteiger partial charge in [-0.3, -0.25) is 4.79 Å². The second-order valence-electron chi connectivity index (χ2n) is 4.82. The number of nitrogens with zero attached hydrogens (tertiary/aromatic N) is 1. The molecule has 1 atom stereocenters. The van der Waals surface area contributed by atoms with Gasteiger partial charge in [-0.1, -0.05) is 0 Å². The van der Waals surface area contributed by atoms with E-state index in [0.29, 0.717) is 13.1 Å². The molecule has 2 N–H and O–H groups in total. The van der Waals surface area contributed by atoms with E-state index >= 15 is 0 Å². The van der Waals surface area contributed by atoms with Gasteiger partial charge in [0.05, 0.1) is 5.56 Å². The van der Waals surface area contributed by atoms with Crippen LogP contribution in [0.25, 0.3) is 0 Å². The molecule has 2 rings (SSSR count). The molecule has 0 aliphatic carbocycles. The van der Waals surface area contributed by atoms with E-state index < -0.39 is 17.9 Å². The number of likely N-dealkylation sites (tertiary alicyclic amines) is 1. The first-order valence-electron chi connectivity index (χ1n) is 6.54. The summed E-state index contributed by atoms with van der Waals surface area (Å²) in [5, 5.41) is 0.